The van der Waals surface area contributed by atoms with E-state index >= 15 is 0 Å². The van der Waals surface area contributed by atoms with E-state index in [-0.39, 0.29) is 0 Å². The molecule has 2 heterocycles. The maximum Gasteiger partial charge on any atom is 0.0631 e. The lowest BCUT2D eigenvalue weighted by atomic mass is 9.93. The molecule has 1 unspecified atom stereocenters. The summed E-state index contributed by atoms with van der Waals surface area (Å²) in [5, 5.41) is 1.42. The Morgan fingerprint density at radius 1 is 1.08 bits per heavy atom. The first-order valence-corrected chi connectivity index (χ1v) is 12.7. The van der Waals surface area contributed by atoms with E-state index in [9.17, 15) is 0 Å². The van der Waals surface area contributed by atoms with Crippen LogP contribution in [0.5, 0.6) is 0 Å². The lowest BCUT2D eigenvalue weighted by Gasteiger charge is -2.36. The minimum Gasteiger partial charge on any atom is -0.292 e. The Labute approximate surface area is 172 Å². The van der Waals surface area contributed by atoms with Crippen molar-refractivity contribution in [1.29, 1.82) is 0 Å². The number of aryl methyl sites for hydroxylation is 2. The molecule has 2 aromatic carbocycles. The number of rotatable bonds is 4. The number of hydrogen-bond donors (Lipinski definition) is 0. The van der Waals surface area contributed by atoms with Crippen LogP contribution in [0.2, 0.25) is 0 Å². The summed E-state index contributed by atoms with van der Waals surface area (Å²) in [4.78, 5) is 2.70. The SMILES string of the molecule is Cc1cc(C)c2c(ccn2SI)c1CN1CCCCC1c1ccccc1. The highest BCUT2D eigenvalue weighted by molar-refractivity contribution is 14.2. The second-order valence-corrected chi connectivity index (χ2v) is 9.07. The van der Waals surface area contributed by atoms with Crippen LogP contribution in [0, 0.1) is 13.8 Å². The zero-order chi connectivity index (χ0) is 18.1. The standard InChI is InChI=1S/C22H25IN2S/c1-16-14-17(2)22-19(11-13-25(22)26-23)20(16)15-24-12-7-6-10-21(24)18-8-4-3-5-9-18/h3-5,8-9,11,13-14,21H,6-7,10,12,15H2,1-2H3. The number of hydrogen-bond acceptors (Lipinski definition) is 2. The Morgan fingerprint density at radius 3 is 2.65 bits per heavy atom. The van der Waals surface area contributed by atoms with E-state index in [2.05, 4.69) is 92.6 Å². The van der Waals surface area contributed by atoms with Crippen LogP contribution in [0.3, 0.4) is 0 Å². The molecule has 0 N–H and O–H groups in total. The van der Waals surface area contributed by atoms with Crippen LogP contribution in [0.1, 0.15) is 47.6 Å². The summed E-state index contributed by atoms with van der Waals surface area (Å²) in [7, 11) is 1.75. The first-order valence-electron chi connectivity index (χ1n) is 9.37. The quantitative estimate of drug-likeness (QED) is 0.382. The van der Waals surface area contributed by atoms with E-state index in [1.807, 2.05) is 0 Å². The van der Waals surface area contributed by atoms with Crippen molar-refractivity contribution in [2.45, 2.75) is 45.7 Å². The molecule has 4 heteroatoms. The normalized spacial score (nSPS) is 18.5. The predicted molar refractivity (Wildman–Crippen MR) is 122 cm³/mol. The van der Waals surface area contributed by atoms with E-state index in [4.69, 9.17) is 0 Å². The van der Waals surface area contributed by atoms with Gasteiger partial charge in [-0.1, -0.05) is 42.8 Å². The Hall–Kier alpha value is -0.980. The minimum atomic E-state index is 0.543. The average Bonchev–Trinajstić information content (AvgIpc) is 3.11. The van der Waals surface area contributed by atoms with Gasteiger partial charge in [-0.3, -0.25) is 8.87 Å². The third-order valence-corrected chi connectivity index (χ3v) is 7.42. The van der Waals surface area contributed by atoms with Gasteiger partial charge < -0.3 is 0 Å². The van der Waals surface area contributed by atoms with E-state index in [1.165, 1.54) is 59.0 Å². The van der Waals surface area contributed by atoms with Gasteiger partial charge in [-0.05, 0) is 61.6 Å². The fourth-order valence-electron chi connectivity index (χ4n) is 4.44. The van der Waals surface area contributed by atoms with E-state index in [0.29, 0.717) is 6.04 Å². The molecule has 1 aliphatic heterocycles. The summed E-state index contributed by atoms with van der Waals surface area (Å²) in [5.41, 5.74) is 7.13. The molecular weight excluding hydrogens is 451 g/mol. The van der Waals surface area contributed by atoms with Gasteiger partial charge in [0, 0.05) is 54.5 Å². The van der Waals surface area contributed by atoms with Crippen LogP contribution < -0.4 is 0 Å². The van der Waals surface area contributed by atoms with Crippen LogP contribution in [-0.2, 0) is 6.54 Å². The summed E-state index contributed by atoms with van der Waals surface area (Å²) in [6, 6.07) is 16.3. The summed E-state index contributed by atoms with van der Waals surface area (Å²) in [6.45, 7) is 6.74. The Kier molecular flexibility index (Phi) is 5.62. The zero-order valence-electron chi connectivity index (χ0n) is 15.4. The summed E-state index contributed by atoms with van der Waals surface area (Å²) in [6.07, 6.45) is 6.12. The first-order chi connectivity index (χ1) is 12.7. The van der Waals surface area contributed by atoms with E-state index in [0.717, 1.165) is 6.54 Å². The number of piperidine rings is 1. The van der Waals surface area contributed by atoms with Crippen LogP contribution in [0.4, 0.5) is 0 Å². The molecule has 0 radical (unpaired) electrons. The molecule has 0 bridgehead atoms. The fraction of sp³-hybridized carbons (Fsp3) is 0.364. The van der Waals surface area contributed by atoms with Crippen LogP contribution in [-0.4, -0.2) is 15.4 Å². The van der Waals surface area contributed by atoms with Crippen LogP contribution in [0.15, 0.2) is 48.7 Å². The lowest BCUT2D eigenvalue weighted by Crippen LogP contribution is -2.33. The van der Waals surface area contributed by atoms with E-state index < -0.39 is 0 Å². The van der Waals surface area contributed by atoms with Crippen molar-refractivity contribution in [2.75, 3.05) is 6.54 Å². The molecule has 1 aromatic heterocycles. The van der Waals surface area contributed by atoms with Gasteiger partial charge in [0.2, 0.25) is 0 Å². The van der Waals surface area contributed by atoms with Crippen LogP contribution >= 0.6 is 30.3 Å². The second-order valence-electron chi connectivity index (χ2n) is 7.35. The Morgan fingerprint density at radius 2 is 1.88 bits per heavy atom. The van der Waals surface area contributed by atoms with Crippen molar-refractivity contribution in [3.63, 3.8) is 0 Å². The van der Waals surface area contributed by atoms with Crippen molar-refractivity contribution in [3.8, 4) is 0 Å². The molecule has 1 aliphatic rings. The first kappa shape index (κ1) is 18.4. The number of benzene rings is 2. The molecule has 0 saturated carbocycles. The topological polar surface area (TPSA) is 8.17 Å². The third kappa shape index (κ3) is 3.43. The van der Waals surface area contributed by atoms with E-state index in [1.54, 1.807) is 9.12 Å². The summed E-state index contributed by atoms with van der Waals surface area (Å²) in [5.74, 6) is 0. The lowest BCUT2D eigenvalue weighted by molar-refractivity contribution is 0.141. The monoisotopic (exact) mass is 476 g/mol. The van der Waals surface area contributed by atoms with Gasteiger partial charge in [0.25, 0.3) is 0 Å². The summed E-state index contributed by atoms with van der Waals surface area (Å²) >= 11 is 2.37. The van der Waals surface area contributed by atoms with Crippen molar-refractivity contribution >= 4 is 41.2 Å². The molecule has 0 amide bonds. The molecule has 0 spiro atoms. The number of halogens is 1. The Bertz CT molecular complexity index is 903. The highest BCUT2D eigenvalue weighted by atomic mass is 127. The molecule has 1 fully saturated rings. The molecule has 0 aliphatic carbocycles. The maximum absolute atomic E-state index is 2.70. The van der Waals surface area contributed by atoms with Crippen molar-refractivity contribution in [2.24, 2.45) is 0 Å². The van der Waals surface area contributed by atoms with Crippen molar-refractivity contribution < 1.29 is 0 Å². The van der Waals surface area contributed by atoms with Gasteiger partial charge in [-0.2, -0.15) is 0 Å². The van der Waals surface area contributed by atoms with Gasteiger partial charge in [0.15, 0.2) is 0 Å². The smallest absolute Gasteiger partial charge is 0.0631 e. The molecule has 1 atom stereocenters. The van der Waals surface area contributed by atoms with Gasteiger partial charge in [-0.15, -0.1) is 0 Å². The number of aromatic nitrogens is 1. The Balaban J connectivity index is 1.73. The van der Waals surface area contributed by atoms with Gasteiger partial charge >= 0.3 is 0 Å². The van der Waals surface area contributed by atoms with Crippen molar-refractivity contribution in [1.82, 2.24) is 8.87 Å². The number of likely N-dealkylation sites (tertiary alicyclic amines) is 1. The fourth-order valence-corrected chi connectivity index (χ4v) is 5.84. The molecule has 1 saturated heterocycles. The molecular formula is C22H25IN2S. The number of nitrogens with zero attached hydrogens (tertiary/aromatic N) is 2. The summed E-state index contributed by atoms with van der Waals surface area (Å²) < 4.78 is 2.29. The highest BCUT2D eigenvalue weighted by Crippen LogP contribution is 2.36. The molecule has 2 nitrogen and oxygen atoms in total. The minimum absolute atomic E-state index is 0.543. The van der Waals surface area contributed by atoms with Crippen LogP contribution in [0.25, 0.3) is 10.9 Å². The third-order valence-electron chi connectivity index (χ3n) is 5.69. The van der Waals surface area contributed by atoms with Gasteiger partial charge in [-0.25, -0.2) is 0 Å². The van der Waals surface area contributed by atoms with Gasteiger partial charge in [0.05, 0.1) is 5.52 Å². The number of fused-ring (bicyclic) bond motifs is 1. The predicted octanol–water partition coefficient (Wildman–Crippen LogP) is 6.83. The molecule has 26 heavy (non-hydrogen) atoms. The largest absolute Gasteiger partial charge is 0.292 e. The maximum atomic E-state index is 2.70. The van der Waals surface area contributed by atoms with Gasteiger partial charge in [0.1, 0.15) is 0 Å². The zero-order valence-corrected chi connectivity index (χ0v) is 18.4. The molecule has 4 rings (SSSR count). The highest BCUT2D eigenvalue weighted by Gasteiger charge is 2.25. The molecule has 3 aromatic rings. The van der Waals surface area contributed by atoms with Crippen molar-refractivity contribution in [3.05, 3.63) is 70.9 Å². The average molecular weight is 476 g/mol. The molecule has 136 valence electrons. The second kappa shape index (κ2) is 7.95.